The van der Waals surface area contributed by atoms with Crippen molar-refractivity contribution in [3.63, 3.8) is 0 Å². The molecule has 2 heterocycles. The summed E-state index contributed by atoms with van der Waals surface area (Å²) in [7, 11) is 0. The molecule has 6 heteroatoms. The lowest BCUT2D eigenvalue weighted by Gasteiger charge is -1.98. The van der Waals surface area contributed by atoms with E-state index in [9.17, 15) is 4.79 Å². The maximum atomic E-state index is 12.0. The lowest BCUT2D eigenvalue weighted by molar-refractivity contribution is 0.461. The molecular formula is C17H13N3O3. The first-order chi connectivity index (χ1) is 11.2. The van der Waals surface area contributed by atoms with E-state index in [0.29, 0.717) is 22.9 Å². The molecule has 0 aliphatic heterocycles. The van der Waals surface area contributed by atoms with Crippen LogP contribution in [0.15, 0.2) is 62.2 Å². The van der Waals surface area contributed by atoms with Crippen LogP contribution in [0.5, 0.6) is 0 Å². The molecule has 0 aliphatic rings. The Morgan fingerprint density at radius 3 is 2.78 bits per heavy atom. The Bertz CT molecular complexity index is 1040. The average Bonchev–Trinajstić information content (AvgIpc) is 3.13. The molecule has 2 aromatic carbocycles. The van der Waals surface area contributed by atoms with Gasteiger partial charge in [0.2, 0.25) is 11.8 Å². The number of aromatic nitrogens is 3. The van der Waals surface area contributed by atoms with Crippen molar-refractivity contribution in [3.8, 4) is 11.5 Å². The van der Waals surface area contributed by atoms with E-state index in [0.717, 1.165) is 11.1 Å². The molecule has 0 fully saturated rings. The fourth-order valence-electron chi connectivity index (χ4n) is 2.51. The van der Waals surface area contributed by atoms with Crippen molar-refractivity contribution < 1.29 is 8.83 Å². The van der Waals surface area contributed by atoms with Crippen LogP contribution in [-0.2, 0) is 6.54 Å². The molecule has 0 saturated carbocycles. The Labute approximate surface area is 131 Å². The zero-order chi connectivity index (χ0) is 15.8. The van der Waals surface area contributed by atoms with Gasteiger partial charge in [-0.05, 0) is 31.2 Å². The number of hydrogen-bond donors (Lipinski definition) is 0. The zero-order valence-corrected chi connectivity index (χ0v) is 12.4. The molecule has 0 N–H and O–H groups in total. The molecule has 4 rings (SSSR count). The minimum Gasteiger partial charge on any atom is -0.419 e. The first kappa shape index (κ1) is 13.5. The first-order valence-corrected chi connectivity index (χ1v) is 7.18. The number of rotatable bonds is 3. The van der Waals surface area contributed by atoms with Crippen molar-refractivity contribution in [2.75, 3.05) is 0 Å². The van der Waals surface area contributed by atoms with Crippen LogP contribution in [0.4, 0.5) is 0 Å². The summed E-state index contributed by atoms with van der Waals surface area (Å²) in [4.78, 5) is 12.0. The van der Waals surface area contributed by atoms with Gasteiger partial charge in [-0.2, -0.15) is 0 Å². The lowest BCUT2D eigenvalue weighted by atomic mass is 10.1. The number of oxazole rings is 1. The van der Waals surface area contributed by atoms with E-state index in [1.54, 1.807) is 6.07 Å². The standard InChI is InChI=1S/C17H13N3O3/c1-11-5-4-6-12(9-11)16-19-18-15(23-16)10-20-13-7-2-3-8-14(13)22-17(20)21/h2-9H,10H2,1H3. The smallest absolute Gasteiger partial charge is 0.419 e. The van der Waals surface area contributed by atoms with Gasteiger partial charge in [0, 0.05) is 5.56 Å². The van der Waals surface area contributed by atoms with Gasteiger partial charge in [-0.3, -0.25) is 4.57 Å². The highest BCUT2D eigenvalue weighted by Gasteiger charge is 2.14. The Morgan fingerprint density at radius 1 is 1.04 bits per heavy atom. The molecular weight excluding hydrogens is 294 g/mol. The summed E-state index contributed by atoms with van der Waals surface area (Å²) in [5, 5.41) is 8.08. The molecule has 114 valence electrons. The van der Waals surface area contributed by atoms with E-state index in [2.05, 4.69) is 10.2 Å². The van der Waals surface area contributed by atoms with Gasteiger partial charge in [0.05, 0.1) is 5.52 Å². The summed E-state index contributed by atoms with van der Waals surface area (Å²) >= 11 is 0. The summed E-state index contributed by atoms with van der Waals surface area (Å²) < 4.78 is 12.3. The highest BCUT2D eigenvalue weighted by Crippen LogP contribution is 2.20. The minimum atomic E-state index is -0.443. The molecule has 0 bridgehead atoms. The fraction of sp³-hybridized carbons (Fsp3) is 0.118. The number of benzene rings is 2. The fourth-order valence-corrected chi connectivity index (χ4v) is 2.51. The molecule has 0 unspecified atom stereocenters. The third-order valence-electron chi connectivity index (χ3n) is 3.60. The zero-order valence-electron chi connectivity index (χ0n) is 12.4. The molecule has 0 atom stereocenters. The van der Waals surface area contributed by atoms with Crippen molar-refractivity contribution in [1.29, 1.82) is 0 Å². The van der Waals surface area contributed by atoms with Gasteiger partial charge in [0.15, 0.2) is 5.58 Å². The number of para-hydroxylation sites is 2. The summed E-state index contributed by atoms with van der Waals surface area (Å²) in [6.45, 7) is 2.17. The third kappa shape index (κ3) is 2.44. The minimum absolute atomic E-state index is 0.175. The van der Waals surface area contributed by atoms with Gasteiger partial charge in [-0.25, -0.2) is 4.79 Å². The quantitative estimate of drug-likeness (QED) is 0.581. The number of nitrogens with zero attached hydrogens (tertiary/aromatic N) is 3. The molecule has 4 aromatic rings. The lowest BCUT2D eigenvalue weighted by Crippen LogP contribution is -2.15. The van der Waals surface area contributed by atoms with E-state index in [4.69, 9.17) is 8.83 Å². The SMILES string of the molecule is Cc1cccc(-c2nnc(Cn3c(=O)oc4ccccc43)o2)c1. The highest BCUT2D eigenvalue weighted by atomic mass is 16.4. The second-order valence-corrected chi connectivity index (χ2v) is 5.29. The second-order valence-electron chi connectivity index (χ2n) is 5.29. The molecule has 6 nitrogen and oxygen atoms in total. The summed E-state index contributed by atoms with van der Waals surface area (Å²) in [6, 6.07) is 15.0. The molecule has 2 aromatic heterocycles. The maximum Gasteiger partial charge on any atom is 0.420 e. The van der Waals surface area contributed by atoms with Gasteiger partial charge in [0.1, 0.15) is 6.54 Å². The molecule has 0 amide bonds. The maximum absolute atomic E-state index is 12.0. The summed E-state index contributed by atoms with van der Waals surface area (Å²) in [5.41, 5.74) is 3.20. The van der Waals surface area contributed by atoms with Crippen LogP contribution in [0.3, 0.4) is 0 Å². The Hall–Kier alpha value is -3.15. The molecule has 0 radical (unpaired) electrons. The van der Waals surface area contributed by atoms with Crippen molar-refractivity contribution >= 4 is 11.1 Å². The molecule has 0 spiro atoms. The Morgan fingerprint density at radius 2 is 1.91 bits per heavy atom. The predicted molar refractivity (Wildman–Crippen MR) is 84.0 cm³/mol. The number of fused-ring (bicyclic) bond motifs is 1. The molecule has 0 saturated heterocycles. The van der Waals surface area contributed by atoms with Crippen LogP contribution in [0, 0.1) is 6.92 Å². The van der Waals surface area contributed by atoms with Crippen LogP contribution in [0.1, 0.15) is 11.5 Å². The van der Waals surface area contributed by atoms with E-state index in [1.807, 2.05) is 49.4 Å². The Kier molecular flexibility index (Phi) is 3.08. The van der Waals surface area contributed by atoms with Gasteiger partial charge in [-0.15, -0.1) is 10.2 Å². The normalized spacial score (nSPS) is 11.2. The van der Waals surface area contributed by atoms with Crippen molar-refractivity contribution in [2.24, 2.45) is 0 Å². The molecule has 0 aliphatic carbocycles. The monoisotopic (exact) mass is 307 g/mol. The second kappa shape index (κ2) is 5.24. The van der Waals surface area contributed by atoms with Crippen LogP contribution < -0.4 is 5.76 Å². The van der Waals surface area contributed by atoms with Crippen molar-refractivity contribution in [2.45, 2.75) is 13.5 Å². The first-order valence-electron chi connectivity index (χ1n) is 7.18. The van der Waals surface area contributed by atoms with E-state index in [1.165, 1.54) is 4.57 Å². The molecule has 23 heavy (non-hydrogen) atoms. The summed E-state index contributed by atoms with van der Waals surface area (Å²) in [5.74, 6) is 0.348. The van der Waals surface area contributed by atoms with Crippen molar-refractivity contribution in [1.82, 2.24) is 14.8 Å². The highest BCUT2D eigenvalue weighted by molar-refractivity contribution is 5.72. The van der Waals surface area contributed by atoms with Gasteiger partial charge >= 0.3 is 5.76 Å². The van der Waals surface area contributed by atoms with Gasteiger partial charge < -0.3 is 8.83 Å². The predicted octanol–water partition coefficient (Wildman–Crippen LogP) is 3.00. The number of aryl methyl sites for hydroxylation is 1. The van der Waals surface area contributed by atoms with Crippen LogP contribution in [0.25, 0.3) is 22.6 Å². The number of hydrogen-bond acceptors (Lipinski definition) is 5. The Balaban J connectivity index is 1.70. The van der Waals surface area contributed by atoms with Crippen LogP contribution >= 0.6 is 0 Å². The third-order valence-corrected chi connectivity index (χ3v) is 3.60. The average molecular weight is 307 g/mol. The van der Waals surface area contributed by atoms with Gasteiger partial charge in [-0.1, -0.05) is 29.8 Å². The van der Waals surface area contributed by atoms with E-state index < -0.39 is 5.76 Å². The van der Waals surface area contributed by atoms with Gasteiger partial charge in [0.25, 0.3) is 0 Å². The summed E-state index contributed by atoms with van der Waals surface area (Å²) in [6.07, 6.45) is 0. The van der Waals surface area contributed by atoms with E-state index in [-0.39, 0.29) is 6.54 Å². The van der Waals surface area contributed by atoms with Crippen LogP contribution in [0.2, 0.25) is 0 Å². The van der Waals surface area contributed by atoms with E-state index >= 15 is 0 Å². The largest absolute Gasteiger partial charge is 0.420 e. The van der Waals surface area contributed by atoms with Crippen molar-refractivity contribution in [3.05, 3.63) is 70.5 Å². The topological polar surface area (TPSA) is 74.1 Å². The van der Waals surface area contributed by atoms with Crippen LogP contribution in [-0.4, -0.2) is 14.8 Å².